The lowest BCUT2D eigenvalue weighted by molar-refractivity contribution is -0.116. The van der Waals surface area contributed by atoms with Crippen LogP contribution in [0, 0.1) is 6.92 Å². The Morgan fingerprint density at radius 1 is 1.15 bits per heavy atom. The summed E-state index contributed by atoms with van der Waals surface area (Å²) in [6.45, 7) is 4.45. The van der Waals surface area contributed by atoms with Crippen molar-refractivity contribution in [2.24, 2.45) is 0 Å². The molecule has 3 rings (SSSR count). The molecule has 0 unspecified atom stereocenters. The van der Waals surface area contributed by atoms with Crippen molar-refractivity contribution in [3.63, 3.8) is 0 Å². The van der Waals surface area contributed by atoms with E-state index in [1.54, 1.807) is 0 Å². The Kier molecular flexibility index (Phi) is 5.63. The first-order chi connectivity index (χ1) is 12.7. The van der Waals surface area contributed by atoms with Gasteiger partial charge in [0.05, 0.1) is 12.3 Å². The minimum absolute atomic E-state index is 0.132. The number of carbonyl (C=O) groups is 1. The number of hydrogen-bond donors (Lipinski definition) is 1. The third kappa shape index (κ3) is 4.47. The third-order valence-electron chi connectivity index (χ3n) is 3.76. The van der Waals surface area contributed by atoms with Crippen molar-refractivity contribution in [1.82, 2.24) is 10.2 Å². The fraction of sp³-hybridized carbons (Fsp3) is 0.250. The number of nitrogens with one attached hydrogen (secondary N) is 1. The van der Waals surface area contributed by atoms with Crippen molar-refractivity contribution in [1.29, 1.82) is 0 Å². The highest BCUT2D eigenvalue weighted by Crippen LogP contribution is 2.24. The second-order valence-electron chi connectivity index (χ2n) is 5.85. The highest BCUT2D eigenvalue weighted by Gasteiger charge is 2.12. The molecule has 0 saturated heterocycles. The van der Waals surface area contributed by atoms with E-state index in [0.717, 1.165) is 11.1 Å². The van der Waals surface area contributed by atoms with Crippen LogP contribution in [0.2, 0.25) is 0 Å². The molecule has 0 aliphatic rings. The largest absolute Gasteiger partial charge is 0.492 e. The van der Waals surface area contributed by atoms with Crippen molar-refractivity contribution in [3.05, 3.63) is 60.0 Å². The summed E-state index contributed by atoms with van der Waals surface area (Å²) in [6.07, 6.45) is 0.622. The van der Waals surface area contributed by atoms with E-state index in [2.05, 4.69) is 15.5 Å². The van der Waals surface area contributed by atoms with E-state index in [0.29, 0.717) is 36.2 Å². The van der Waals surface area contributed by atoms with E-state index in [4.69, 9.17) is 9.15 Å². The zero-order chi connectivity index (χ0) is 18.4. The third-order valence-corrected chi connectivity index (χ3v) is 3.76. The van der Waals surface area contributed by atoms with Crippen LogP contribution in [0.4, 0.5) is 5.69 Å². The van der Waals surface area contributed by atoms with Crippen molar-refractivity contribution in [2.75, 3.05) is 11.9 Å². The molecule has 1 N–H and O–H groups in total. The van der Waals surface area contributed by atoms with Gasteiger partial charge < -0.3 is 14.5 Å². The normalized spacial score (nSPS) is 10.5. The summed E-state index contributed by atoms with van der Waals surface area (Å²) in [7, 11) is 0. The van der Waals surface area contributed by atoms with E-state index in [9.17, 15) is 4.79 Å². The van der Waals surface area contributed by atoms with Gasteiger partial charge in [-0.2, -0.15) is 0 Å². The van der Waals surface area contributed by atoms with Crippen LogP contribution in [0.5, 0.6) is 5.75 Å². The molecule has 0 aliphatic heterocycles. The standard InChI is InChI=1S/C20H21N3O3/c1-3-25-17-10-5-4-9-16(17)21-18(24)11-12-19-22-23-20(26-19)15-8-6-7-14(2)13-15/h4-10,13H,3,11-12H2,1-2H3,(H,21,24). The molecule has 2 aromatic carbocycles. The highest BCUT2D eigenvalue weighted by molar-refractivity contribution is 5.92. The van der Waals surface area contributed by atoms with Gasteiger partial charge in [-0.15, -0.1) is 10.2 Å². The molecule has 1 amide bonds. The Morgan fingerprint density at radius 3 is 2.81 bits per heavy atom. The number of para-hydroxylation sites is 2. The first kappa shape index (κ1) is 17.7. The predicted molar refractivity (Wildman–Crippen MR) is 99.0 cm³/mol. The maximum absolute atomic E-state index is 12.2. The monoisotopic (exact) mass is 351 g/mol. The van der Waals surface area contributed by atoms with Gasteiger partial charge in [-0.25, -0.2) is 0 Å². The number of benzene rings is 2. The molecule has 26 heavy (non-hydrogen) atoms. The van der Waals surface area contributed by atoms with Crippen LogP contribution < -0.4 is 10.1 Å². The Balaban J connectivity index is 1.59. The zero-order valence-corrected chi connectivity index (χ0v) is 14.9. The van der Waals surface area contributed by atoms with Crippen LogP contribution >= 0.6 is 0 Å². The summed E-state index contributed by atoms with van der Waals surface area (Å²) in [5.74, 6) is 1.43. The number of hydrogen-bond acceptors (Lipinski definition) is 5. The predicted octanol–water partition coefficient (Wildman–Crippen LogP) is 4.02. The first-order valence-electron chi connectivity index (χ1n) is 8.57. The summed E-state index contributed by atoms with van der Waals surface area (Å²) < 4.78 is 11.2. The summed E-state index contributed by atoms with van der Waals surface area (Å²) in [4.78, 5) is 12.2. The maximum Gasteiger partial charge on any atom is 0.247 e. The van der Waals surface area contributed by atoms with E-state index < -0.39 is 0 Å². The van der Waals surface area contributed by atoms with Gasteiger partial charge in [0.15, 0.2) is 0 Å². The van der Waals surface area contributed by atoms with Gasteiger partial charge in [0, 0.05) is 18.4 Å². The number of aryl methyl sites for hydroxylation is 2. The molecule has 6 heteroatoms. The Labute approximate surface area is 152 Å². The van der Waals surface area contributed by atoms with Crippen molar-refractivity contribution in [2.45, 2.75) is 26.7 Å². The number of amides is 1. The van der Waals surface area contributed by atoms with Gasteiger partial charge in [-0.3, -0.25) is 4.79 Å². The second-order valence-corrected chi connectivity index (χ2v) is 5.85. The lowest BCUT2D eigenvalue weighted by Gasteiger charge is -2.10. The molecule has 6 nitrogen and oxygen atoms in total. The summed E-state index contributed by atoms with van der Waals surface area (Å²) in [5, 5.41) is 10.9. The average molecular weight is 351 g/mol. The van der Waals surface area contributed by atoms with Gasteiger partial charge >= 0.3 is 0 Å². The van der Waals surface area contributed by atoms with Crippen LogP contribution in [0.25, 0.3) is 11.5 Å². The fourth-order valence-corrected chi connectivity index (χ4v) is 2.53. The fourth-order valence-electron chi connectivity index (χ4n) is 2.53. The molecular weight excluding hydrogens is 330 g/mol. The SMILES string of the molecule is CCOc1ccccc1NC(=O)CCc1nnc(-c2cccc(C)c2)o1. The molecule has 0 fully saturated rings. The van der Waals surface area contributed by atoms with Gasteiger partial charge in [0.2, 0.25) is 17.7 Å². The topological polar surface area (TPSA) is 77.2 Å². The van der Waals surface area contributed by atoms with E-state index >= 15 is 0 Å². The number of rotatable bonds is 7. The Morgan fingerprint density at radius 2 is 2.00 bits per heavy atom. The summed E-state index contributed by atoms with van der Waals surface area (Å²) in [6, 6.07) is 15.2. The lowest BCUT2D eigenvalue weighted by atomic mass is 10.1. The van der Waals surface area contributed by atoms with E-state index in [1.165, 1.54) is 0 Å². The molecule has 0 bridgehead atoms. The summed E-state index contributed by atoms with van der Waals surface area (Å²) >= 11 is 0. The number of anilines is 1. The molecule has 134 valence electrons. The minimum Gasteiger partial charge on any atom is -0.492 e. The smallest absolute Gasteiger partial charge is 0.247 e. The van der Waals surface area contributed by atoms with Crippen molar-refractivity contribution >= 4 is 11.6 Å². The zero-order valence-electron chi connectivity index (χ0n) is 14.9. The number of nitrogens with zero attached hydrogens (tertiary/aromatic N) is 2. The van der Waals surface area contributed by atoms with Gasteiger partial charge in [-0.05, 0) is 38.1 Å². The molecule has 0 atom stereocenters. The van der Waals surface area contributed by atoms with Gasteiger partial charge in [0.25, 0.3) is 0 Å². The first-order valence-corrected chi connectivity index (χ1v) is 8.57. The van der Waals surface area contributed by atoms with Gasteiger partial charge in [-0.1, -0.05) is 29.8 Å². The number of ether oxygens (including phenoxy) is 1. The quantitative estimate of drug-likeness (QED) is 0.696. The van der Waals surface area contributed by atoms with E-state index in [-0.39, 0.29) is 12.3 Å². The molecule has 1 heterocycles. The van der Waals surface area contributed by atoms with Crippen LogP contribution in [0.3, 0.4) is 0 Å². The molecule has 0 aliphatic carbocycles. The molecule has 0 saturated carbocycles. The van der Waals surface area contributed by atoms with Crippen LogP contribution in [0.1, 0.15) is 24.8 Å². The lowest BCUT2D eigenvalue weighted by Crippen LogP contribution is -2.13. The maximum atomic E-state index is 12.2. The summed E-state index contributed by atoms with van der Waals surface area (Å²) in [5.41, 5.74) is 2.65. The van der Waals surface area contributed by atoms with Crippen LogP contribution in [-0.4, -0.2) is 22.7 Å². The second kappa shape index (κ2) is 8.29. The van der Waals surface area contributed by atoms with E-state index in [1.807, 2.05) is 62.4 Å². The number of aromatic nitrogens is 2. The van der Waals surface area contributed by atoms with Crippen molar-refractivity contribution < 1.29 is 13.9 Å². The van der Waals surface area contributed by atoms with Crippen molar-refractivity contribution in [3.8, 4) is 17.2 Å². The molecule has 0 spiro atoms. The molecule has 3 aromatic rings. The molecule has 1 aromatic heterocycles. The van der Waals surface area contributed by atoms with Crippen LogP contribution in [-0.2, 0) is 11.2 Å². The average Bonchev–Trinajstić information content (AvgIpc) is 3.11. The minimum atomic E-state index is -0.132. The number of carbonyl (C=O) groups excluding carboxylic acids is 1. The van der Waals surface area contributed by atoms with Crippen LogP contribution in [0.15, 0.2) is 52.9 Å². The molecular formula is C20H21N3O3. The highest BCUT2D eigenvalue weighted by atomic mass is 16.5. The Bertz CT molecular complexity index is 889. The Hall–Kier alpha value is -3.15. The van der Waals surface area contributed by atoms with Gasteiger partial charge in [0.1, 0.15) is 5.75 Å². The molecule has 0 radical (unpaired) electrons.